The van der Waals surface area contributed by atoms with Crippen molar-refractivity contribution < 1.29 is 0 Å². The second-order valence-electron chi connectivity index (χ2n) is 6.75. The molecular weight excluding hydrogens is 232 g/mol. The number of hydrogen-bond acceptors (Lipinski definition) is 2. The van der Waals surface area contributed by atoms with Gasteiger partial charge < -0.3 is 10.2 Å². The average molecular weight is 268 g/mol. The normalized spacial score (nSPS) is 19.9. The summed E-state index contributed by atoms with van der Waals surface area (Å²) in [7, 11) is 0. The van der Waals surface area contributed by atoms with Gasteiger partial charge in [0.25, 0.3) is 0 Å². The van der Waals surface area contributed by atoms with Gasteiger partial charge in [0.05, 0.1) is 0 Å². The van der Waals surface area contributed by atoms with Gasteiger partial charge >= 0.3 is 0 Å². The van der Waals surface area contributed by atoms with Crippen molar-refractivity contribution >= 4 is 0 Å². The molecule has 0 spiro atoms. The summed E-state index contributed by atoms with van der Waals surface area (Å²) in [6.07, 6.45) is 9.86. The Hall–Kier alpha value is -0.0800. The lowest BCUT2D eigenvalue weighted by molar-refractivity contribution is 0.108. The van der Waals surface area contributed by atoms with E-state index in [9.17, 15) is 0 Å². The van der Waals surface area contributed by atoms with Crippen molar-refractivity contribution in [1.82, 2.24) is 10.2 Å². The maximum absolute atomic E-state index is 3.72. The Kier molecular flexibility index (Phi) is 8.01. The quantitative estimate of drug-likeness (QED) is 0.527. The van der Waals surface area contributed by atoms with E-state index in [1.54, 1.807) is 0 Å². The third-order valence-electron chi connectivity index (χ3n) is 4.77. The predicted molar refractivity (Wildman–Crippen MR) is 85.7 cm³/mol. The summed E-state index contributed by atoms with van der Waals surface area (Å²) in [4.78, 5) is 2.67. The lowest BCUT2D eigenvalue weighted by atomic mass is 9.79. The molecule has 1 aliphatic rings. The Labute approximate surface area is 121 Å². The molecule has 1 fully saturated rings. The number of rotatable bonds is 8. The molecular formula is C17H36N2. The summed E-state index contributed by atoms with van der Waals surface area (Å²) in [6, 6.07) is 0.677. The van der Waals surface area contributed by atoms with Crippen molar-refractivity contribution in [2.75, 3.05) is 26.2 Å². The topological polar surface area (TPSA) is 15.3 Å². The fraction of sp³-hybridized carbons (Fsp3) is 1.00. The van der Waals surface area contributed by atoms with Crippen LogP contribution in [0.15, 0.2) is 0 Å². The maximum Gasteiger partial charge on any atom is 0.00527 e. The number of nitrogens with one attached hydrogen (secondary N) is 1. The molecule has 0 atom stereocenters. The molecule has 0 aliphatic heterocycles. The molecule has 0 amide bonds. The Bertz CT molecular complexity index is 217. The van der Waals surface area contributed by atoms with Crippen molar-refractivity contribution in [3.63, 3.8) is 0 Å². The largest absolute Gasteiger partial charge is 0.316 e. The minimum atomic E-state index is 0.534. The van der Waals surface area contributed by atoms with Crippen LogP contribution in [0.5, 0.6) is 0 Å². The molecule has 2 heteroatoms. The number of nitrogens with zero attached hydrogens (tertiary/aromatic N) is 1. The van der Waals surface area contributed by atoms with Gasteiger partial charge in [0, 0.05) is 19.1 Å². The summed E-state index contributed by atoms with van der Waals surface area (Å²) in [5.41, 5.74) is 0.534. The molecule has 0 heterocycles. The zero-order valence-corrected chi connectivity index (χ0v) is 13.8. The Morgan fingerprint density at radius 1 is 1.05 bits per heavy atom. The van der Waals surface area contributed by atoms with Crippen LogP contribution in [0.3, 0.4) is 0 Å². The van der Waals surface area contributed by atoms with E-state index in [0.717, 1.165) is 0 Å². The van der Waals surface area contributed by atoms with E-state index in [4.69, 9.17) is 0 Å². The first-order valence-electron chi connectivity index (χ1n) is 8.58. The maximum atomic E-state index is 3.72. The molecule has 0 aromatic carbocycles. The molecule has 114 valence electrons. The van der Waals surface area contributed by atoms with E-state index < -0.39 is 0 Å². The summed E-state index contributed by atoms with van der Waals surface area (Å²) in [5, 5.41) is 3.72. The van der Waals surface area contributed by atoms with Gasteiger partial charge in [-0.1, -0.05) is 39.5 Å². The van der Waals surface area contributed by atoms with Gasteiger partial charge in [0.2, 0.25) is 0 Å². The van der Waals surface area contributed by atoms with Gasteiger partial charge in [-0.25, -0.2) is 0 Å². The highest BCUT2D eigenvalue weighted by Gasteiger charge is 2.32. The molecule has 19 heavy (non-hydrogen) atoms. The monoisotopic (exact) mass is 268 g/mol. The summed E-state index contributed by atoms with van der Waals surface area (Å²) in [6.45, 7) is 14.1. The van der Waals surface area contributed by atoms with Crippen molar-refractivity contribution in [2.45, 2.75) is 78.7 Å². The Balaban J connectivity index is 2.65. The Morgan fingerprint density at radius 3 is 2.16 bits per heavy atom. The van der Waals surface area contributed by atoms with Crippen molar-refractivity contribution in [2.24, 2.45) is 5.41 Å². The summed E-state index contributed by atoms with van der Waals surface area (Å²) >= 11 is 0. The lowest BCUT2D eigenvalue weighted by Crippen LogP contribution is -2.46. The van der Waals surface area contributed by atoms with Gasteiger partial charge in [-0.2, -0.15) is 0 Å². The zero-order valence-electron chi connectivity index (χ0n) is 13.8. The molecule has 0 unspecified atom stereocenters. The summed E-state index contributed by atoms with van der Waals surface area (Å²) < 4.78 is 0. The van der Waals surface area contributed by atoms with Gasteiger partial charge in [-0.05, 0) is 51.6 Å². The molecule has 1 rings (SSSR count). The van der Waals surface area contributed by atoms with E-state index >= 15 is 0 Å². The van der Waals surface area contributed by atoms with Crippen LogP contribution in [0.25, 0.3) is 0 Å². The first-order chi connectivity index (χ1) is 9.13. The number of hydrogen-bond donors (Lipinski definition) is 1. The fourth-order valence-electron chi connectivity index (χ4n) is 3.49. The van der Waals surface area contributed by atoms with E-state index in [0.29, 0.717) is 11.5 Å². The summed E-state index contributed by atoms with van der Waals surface area (Å²) in [5.74, 6) is 0. The lowest BCUT2D eigenvalue weighted by Gasteiger charge is -2.40. The van der Waals surface area contributed by atoms with Crippen molar-refractivity contribution in [1.29, 1.82) is 0 Å². The molecule has 0 aromatic heterocycles. The molecule has 0 aromatic rings. The molecule has 1 saturated carbocycles. The highest BCUT2D eigenvalue weighted by molar-refractivity contribution is 4.87. The molecule has 0 radical (unpaired) electrons. The van der Waals surface area contributed by atoms with E-state index in [1.165, 1.54) is 71.1 Å². The van der Waals surface area contributed by atoms with Gasteiger partial charge in [-0.3, -0.25) is 0 Å². The standard InChI is InChI=1S/C17H36N2/c1-5-13-18-14-17(11-9-7-8-10-12-17)15-19(6-2)16(3)4/h16,18H,5-15H2,1-4H3. The smallest absolute Gasteiger partial charge is 0.00527 e. The second kappa shape index (κ2) is 8.97. The van der Waals surface area contributed by atoms with Crippen LogP contribution in [-0.2, 0) is 0 Å². The van der Waals surface area contributed by atoms with E-state index in [1.807, 2.05) is 0 Å². The van der Waals surface area contributed by atoms with E-state index in [-0.39, 0.29) is 0 Å². The van der Waals surface area contributed by atoms with Crippen LogP contribution >= 0.6 is 0 Å². The van der Waals surface area contributed by atoms with Crippen LogP contribution in [-0.4, -0.2) is 37.1 Å². The van der Waals surface area contributed by atoms with Crippen LogP contribution < -0.4 is 5.32 Å². The van der Waals surface area contributed by atoms with Crippen molar-refractivity contribution in [3.8, 4) is 0 Å². The predicted octanol–water partition coefficient (Wildman–Crippen LogP) is 4.06. The van der Waals surface area contributed by atoms with Gasteiger partial charge in [0.15, 0.2) is 0 Å². The van der Waals surface area contributed by atoms with Crippen LogP contribution in [0.1, 0.15) is 72.6 Å². The minimum Gasteiger partial charge on any atom is -0.316 e. The fourth-order valence-corrected chi connectivity index (χ4v) is 3.49. The minimum absolute atomic E-state index is 0.534. The molecule has 0 saturated heterocycles. The van der Waals surface area contributed by atoms with Crippen LogP contribution in [0.4, 0.5) is 0 Å². The van der Waals surface area contributed by atoms with Crippen LogP contribution in [0, 0.1) is 5.41 Å². The average Bonchev–Trinajstić information content (AvgIpc) is 2.62. The Morgan fingerprint density at radius 2 is 1.68 bits per heavy atom. The van der Waals surface area contributed by atoms with Gasteiger partial charge in [0.1, 0.15) is 0 Å². The molecule has 1 N–H and O–H groups in total. The highest BCUT2D eigenvalue weighted by atomic mass is 15.2. The van der Waals surface area contributed by atoms with Crippen molar-refractivity contribution in [3.05, 3.63) is 0 Å². The first-order valence-corrected chi connectivity index (χ1v) is 8.58. The second-order valence-corrected chi connectivity index (χ2v) is 6.75. The zero-order chi connectivity index (χ0) is 14.1. The first kappa shape index (κ1) is 17.0. The third-order valence-corrected chi connectivity index (χ3v) is 4.77. The van der Waals surface area contributed by atoms with Gasteiger partial charge in [-0.15, -0.1) is 0 Å². The van der Waals surface area contributed by atoms with Crippen LogP contribution in [0.2, 0.25) is 0 Å². The molecule has 1 aliphatic carbocycles. The SMILES string of the molecule is CCCNCC1(CN(CC)C(C)C)CCCCCC1. The van der Waals surface area contributed by atoms with E-state index in [2.05, 4.69) is 37.9 Å². The third kappa shape index (κ3) is 5.83. The molecule has 2 nitrogen and oxygen atoms in total. The molecule has 0 bridgehead atoms. The highest BCUT2D eigenvalue weighted by Crippen LogP contribution is 2.35.